The predicted octanol–water partition coefficient (Wildman–Crippen LogP) is 2.09. The Morgan fingerprint density at radius 1 is 1.00 bits per heavy atom. The van der Waals surface area contributed by atoms with Gasteiger partial charge in [0.25, 0.3) is 0 Å². The third-order valence-corrected chi connectivity index (χ3v) is 3.50. The second-order valence-corrected chi connectivity index (χ2v) is 5.10. The fourth-order valence-electron chi connectivity index (χ4n) is 2.35. The molecule has 2 aromatic carbocycles. The molecule has 24 heavy (non-hydrogen) atoms. The van der Waals surface area contributed by atoms with Crippen molar-refractivity contribution in [1.82, 2.24) is 5.32 Å². The first-order valence-electron chi connectivity index (χ1n) is 7.41. The lowest BCUT2D eigenvalue weighted by Crippen LogP contribution is -2.43. The van der Waals surface area contributed by atoms with Crippen LogP contribution in [0.5, 0.6) is 11.5 Å². The zero-order valence-electron chi connectivity index (χ0n) is 13.5. The van der Waals surface area contributed by atoms with E-state index in [1.165, 1.54) is 0 Å². The molecule has 0 radical (unpaired) electrons. The molecular formula is C17H19N5O2. The topological polar surface area (TPSA) is 93.3 Å². The highest BCUT2D eigenvalue weighted by atomic mass is 16.5. The maximum Gasteiger partial charge on any atom is 0.205 e. The number of benzene rings is 2. The van der Waals surface area contributed by atoms with Crippen molar-refractivity contribution < 1.29 is 9.47 Å². The highest BCUT2D eigenvalue weighted by Crippen LogP contribution is 2.32. The van der Waals surface area contributed by atoms with Gasteiger partial charge in [-0.3, -0.25) is 5.32 Å². The molecule has 0 bridgehead atoms. The van der Waals surface area contributed by atoms with Crippen LogP contribution in [0, 0.1) is 0 Å². The molecule has 3 rings (SSSR count). The van der Waals surface area contributed by atoms with E-state index in [-0.39, 0.29) is 0 Å². The van der Waals surface area contributed by atoms with Crippen LogP contribution in [0.1, 0.15) is 11.7 Å². The van der Waals surface area contributed by atoms with Crippen LogP contribution in [0.15, 0.2) is 58.5 Å². The summed E-state index contributed by atoms with van der Waals surface area (Å²) in [5.74, 6) is 2.10. The summed E-state index contributed by atoms with van der Waals surface area (Å²) in [5, 5.41) is 6.11. The second-order valence-electron chi connectivity index (χ2n) is 5.10. The normalized spacial score (nSPS) is 16.5. The van der Waals surface area contributed by atoms with Crippen LogP contribution in [0.3, 0.4) is 0 Å². The Balaban J connectivity index is 1.87. The molecule has 1 aliphatic rings. The lowest BCUT2D eigenvalue weighted by molar-refractivity contribution is 0.354. The summed E-state index contributed by atoms with van der Waals surface area (Å²) in [6, 6.07) is 15.3. The lowest BCUT2D eigenvalue weighted by Gasteiger charge is -2.21. The highest BCUT2D eigenvalue weighted by Gasteiger charge is 2.18. The molecule has 0 aromatic heterocycles. The van der Waals surface area contributed by atoms with Crippen molar-refractivity contribution in [2.24, 2.45) is 15.7 Å². The second kappa shape index (κ2) is 6.91. The summed E-state index contributed by atoms with van der Waals surface area (Å²) in [5.41, 5.74) is 7.65. The smallest absolute Gasteiger partial charge is 0.205 e. The van der Waals surface area contributed by atoms with Crippen molar-refractivity contribution in [3.63, 3.8) is 0 Å². The van der Waals surface area contributed by atoms with Crippen LogP contribution in [0.25, 0.3) is 0 Å². The van der Waals surface area contributed by atoms with Gasteiger partial charge in [0, 0.05) is 11.3 Å². The van der Waals surface area contributed by atoms with Crippen molar-refractivity contribution in [2.45, 2.75) is 6.17 Å². The monoisotopic (exact) mass is 325 g/mol. The number of nitrogens with zero attached hydrogens (tertiary/aromatic N) is 2. The number of para-hydroxylation sites is 1. The lowest BCUT2D eigenvalue weighted by atomic mass is 10.1. The first-order valence-corrected chi connectivity index (χ1v) is 7.41. The molecule has 0 spiro atoms. The zero-order valence-corrected chi connectivity index (χ0v) is 13.5. The fraction of sp³-hybridized carbons (Fsp3) is 0.176. The van der Waals surface area contributed by atoms with Gasteiger partial charge in [-0.25, -0.2) is 9.98 Å². The number of guanidine groups is 2. The van der Waals surface area contributed by atoms with Gasteiger partial charge in [0.2, 0.25) is 5.96 Å². The summed E-state index contributed by atoms with van der Waals surface area (Å²) in [7, 11) is 3.19. The average molecular weight is 325 g/mol. The molecule has 7 nitrogen and oxygen atoms in total. The van der Waals surface area contributed by atoms with Gasteiger partial charge >= 0.3 is 0 Å². The van der Waals surface area contributed by atoms with Crippen LogP contribution in [-0.4, -0.2) is 26.1 Å². The van der Waals surface area contributed by atoms with Crippen LogP contribution in [-0.2, 0) is 0 Å². The highest BCUT2D eigenvalue weighted by molar-refractivity contribution is 6.05. The standard InChI is InChI=1S/C17H19N5O2/c1-23-13-9-8-11(10-14(13)24-2)15-20-16(18)22-17(21-15)19-12-6-4-3-5-7-12/h3-10,15H,1-2H3,(H4,18,19,20,21,22)/t15-/m0/s1. The summed E-state index contributed by atoms with van der Waals surface area (Å²) in [6.07, 6.45) is -0.461. The predicted molar refractivity (Wildman–Crippen MR) is 94.5 cm³/mol. The van der Waals surface area contributed by atoms with Crippen LogP contribution >= 0.6 is 0 Å². The van der Waals surface area contributed by atoms with Gasteiger partial charge in [-0.2, -0.15) is 0 Å². The Morgan fingerprint density at radius 3 is 2.46 bits per heavy atom. The van der Waals surface area contributed by atoms with Gasteiger partial charge < -0.3 is 20.5 Å². The largest absolute Gasteiger partial charge is 0.493 e. The molecule has 1 atom stereocenters. The molecule has 1 aliphatic heterocycles. The van der Waals surface area contributed by atoms with E-state index in [1.807, 2.05) is 48.5 Å². The van der Waals surface area contributed by atoms with E-state index in [0.29, 0.717) is 23.4 Å². The van der Waals surface area contributed by atoms with E-state index in [0.717, 1.165) is 11.3 Å². The minimum Gasteiger partial charge on any atom is -0.493 e. The third kappa shape index (κ3) is 3.40. The van der Waals surface area contributed by atoms with Crippen molar-refractivity contribution in [3.05, 3.63) is 54.1 Å². The molecular weight excluding hydrogens is 306 g/mol. The molecule has 1 heterocycles. The Bertz CT molecular complexity index is 774. The van der Waals surface area contributed by atoms with E-state index in [2.05, 4.69) is 20.6 Å². The van der Waals surface area contributed by atoms with Crippen LogP contribution in [0.4, 0.5) is 5.69 Å². The molecule has 0 unspecified atom stereocenters. The van der Waals surface area contributed by atoms with E-state index in [4.69, 9.17) is 15.2 Å². The van der Waals surface area contributed by atoms with E-state index in [9.17, 15) is 0 Å². The van der Waals surface area contributed by atoms with Gasteiger partial charge in [0.1, 0.15) is 0 Å². The Kier molecular flexibility index (Phi) is 4.51. The van der Waals surface area contributed by atoms with E-state index >= 15 is 0 Å². The number of nitrogens with two attached hydrogens (primary N) is 1. The van der Waals surface area contributed by atoms with Gasteiger partial charge in [-0.1, -0.05) is 24.3 Å². The molecule has 4 N–H and O–H groups in total. The maximum atomic E-state index is 5.90. The molecule has 0 amide bonds. The van der Waals surface area contributed by atoms with Gasteiger partial charge in [0.15, 0.2) is 23.6 Å². The maximum absolute atomic E-state index is 5.90. The van der Waals surface area contributed by atoms with E-state index in [1.54, 1.807) is 14.2 Å². The van der Waals surface area contributed by atoms with Crippen molar-refractivity contribution in [2.75, 3.05) is 19.5 Å². The number of nitrogens with one attached hydrogen (secondary N) is 2. The van der Waals surface area contributed by atoms with Gasteiger partial charge in [-0.15, -0.1) is 0 Å². The van der Waals surface area contributed by atoms with Crippen LogP contribution in [0.2, 0.25) is 0 Å². The van der Waals surface area contributed by atoms with Crippen molar-refractivity contribution in [1.29, 1.82) is 0 Å². The van der Waals surface area contributed by atoms with Crippen molar-refractivity contribution >= 4 is 17.6 Å². The minimum absolute atomic E-state index is 0.295. The van der Waals surface area contributed by atoms with Crippen molar-refractivity contribution in [3.8, 4) is 11.5 Å². The molecule has 7 heteroatoms. The average Bonchev–Trinajstić information content (AvgIpc) is 2.61. The Morgan fingerprint density at radius 2 is 1.75 bits per heavy atom. The zero-order chi connectivity index (χ0) is 16.9. The Hall–Kier alpha value is -3.22. The van der Waals surface area contributed by atoms with Crippen LogP contribution < -0.4 is 25.8 Å². The Labute approximate surface area is 140 Å². The molecule has 0 aliphatic carbocycles. The molecule has 2 aromatic rings. The molecule has 0 saturated heterocycles. The summed E-state index contributed by atoms with van der Waals surface area (Å²) in [4.78, 5) is 8.89. The quantitative estimate of drug-likeness (QED) is 0.800. The third-order valence-electron chi connectivity index (χ3n) is 3.50. The minimum atomic E-state index is -0.461. The van der Waals surface area contributed by atoms with E-state index < -0.39 is 6.17 Å². The number of ether oxygens (including phenoxy) is 2. The summed E-state index contributed by atoms with van der Waals surface area (Å²) < 4.78 is 10.6. The first kappa shape index (κ1) is 15.7. The summed E-state index contributed by atoms with van der Waals surface area (Å²) in [6.45, 7) is 0. The molecule has 0 saturated carbocycles. The molecule has 124 valence electrons. The fourth-order valence-corrected chi connectivity index (χ4v) is 2.35. The number of hydrogen-bond donors (Lipinski definition) is 3. The number of anilines is 1. The number of hydrogen-bond acceptors (Lipinski definition) is 7. The van der Waals surface area contributed by atoms with Gasteiger partial charge in [0.05, 0.1) is 14.2 Å². The number of methoxy groups -OCH3 is 2. The SMILES string of the molecule is COc1ccc([C@H]2N=C(N)NC(Nc3ccccc3)=N2)cc1OC. The van der Waals surface area contributed by atoms with Gasteiger partial charge in [-0.05, 0) is 24.3 Å². The summed E-state index contributed by atoms with van der Waals surface area (Å²) >= 11 is 0. The number of rotatable bonds is 4. The molecule has 0 fully saturated rings. The first-order chi connectivity index (χ1) is 11.7. The number of aliphatic imine (C=N–C) groups is 2.